The number of anilines is 1. The summed E-state index contributed by atoms with van der Waals surface area (Å²) in [5, 5.41) is 1.43. The van der Waals surface area contributed by atoms with Crippen LogP contribution >= 0.6 is 11.6 Å². The number of carbonyl (C=O) groups is 1. The Morgan fingerprint density at radius 2 is 2.08 bits per heavy atom. The summed E-state index contributed by atoms with van der Waals surface area (Å²) in [6.07, 6.45) is 2.56. The summed E-state index contributed by atoms with van der Waals surface area (Å²) in [5.74, 6) is 0.505. The molecule has 4 nitrogen and oxygen atoms in total. The second-order valence-electron chi connectivity index (χ2n) is 6.18. The first-order valence-corrected chi connectivity index (χ1v) is 8.59. The number of halogens is 1. The van der Waals surface area contributed by atoms with Crippen LogP contribution in [0.25, 0.3) is 10.9 Å². The minimum atomic E-state index is -0.0588. The summed E-state index contributed by atoms with van der Waals surface area (Å²) in [4.78, 5) is 18.9. The number of para-hydroxylation sites is 1. The first-order chi connectivity index (χ1) is 12.1. The fraction of sp³-hybridized carbons (Fsp3) is 0.200. The molecule has 5 heteroatoms. The van der Waals surface area contributed by atoms with Gasteiger partial charge in [0.1, 0.15) is 11.3 Å². The summed E-state index contributed by atoms with van der Waals surface area (Å²) in [6.45, 7) is 2.02. The molecule has 1 atom stereocenters. The van der Waals surface area contributed by atoms with Crippen molar-refractivity contribution in [2.45, 2.75) is 19.4 Å². The van der Waals surface area contributed by atoms with Gasteiger partial charge in [0.05, 0.1) is 5.02 Å². The molecule has 0 spiro atoms. The highest BCUT2D eigenvalue weighted by Crippen LogP contribution is 2.33. The molecule has 1 aliphatic heterocycles. The van der Waals surface area contributed by atoms with Gasteiger partial charge in [0.15, 0.2) is 6.61 Å². The van der Waals surface area contributed by atoms with Gasteiger partial charge < -0.3 is 9.64 Å². The fourth-order valence-corrected chi connectivity index (χ4v) is 3.60. The summed E-state index contributed by atoms with van der Waals surface area (Å²) in [5.41, 5.74) is 2.84. The maximum absolute atomic E-state index is 12.7. The van der Waals surface area contributed by atoms with Gasteiger partial charge in [0.25, 0.3) is 5.91 Å². The first-order valence-electron chi connectivity index (χ1n) is 8.21. The van der Waals surface area contributed by atoms with Crippen LogP contribution in [-0.2, 0) is 11.2 Å². The predicted molar refractivity (Wildman–Crippen MR) is 99.3 cm³/mol. The molecule has 0 fully saturated rings. The SMILES string of the molecule is C[C@@H]1Cc2ccccc2N1C(=O)COc1ccc(Cl)c2cccnc12. The zero-order valence-electron chi connectivity index (χ0n) is 13.8. The van der Waals surface area contributed by atoms with Crippen molar-refractivity contribution in [3.05, 3.63) is 65.3 Å². The molecule has 4 rings (SSSR count). The summed E-state index contributed by atoms with van der Waals surface area (Å²) in [6, 6.07) is 15.4. The lowest BCUT2D eigenvalue weighted by Gasteiger charge is -2.23. The van der Waals surface area contributed by atoms with Gasteiger partial charge in [-0.25, -0.2) is 0 Å². The summed E-state index contributed by atoms with van der Waals surface area (Å²) < 4.78 is 5.80. The van der Waals surface area contributed by atoms with E-state index in [0.29, 0.717) is 16.3 Å². The number of nitrogens with zero attached hydrogens (tertiary/aromatic N) is 2. The molecule has 0 N–H and O–H groups in total. The van der Waals surface area contributed by atoms with Crippen molar-refractivity contribution in [2.24, 2.45) is 0 Å². The Hall–Kier alpha value is -2.59. The van der Waals surface area contributed by atoms with Crippen molar-refractivity contribution in [3.63, 3.8) is 0 Å². The lowest BCUT2D eigenvalue weighted by Crippen LogP contribution is -2.39. The quantitative estimate of drug-likeness (QED) is 0.708. The van der Waals surface area contributed by atoms with Crippen LogP contribution in [0.2, 0.25) is 5.02 Å². The number of hydrogen-bond acceptors (Lipinski definition) is 3. The molecule has 0 bridgehead atoms. The zero-order chi connectivity index (χ0) is 17.4. The maximum atomic E-state index is 12.7. The van der Waals surface area contributed by atoms with Crippen LogP contribution in [0.1, 0.15) is 12.5 Å². The van der Waals surface area contributed by atoms with Gasteiger partial charge in [-0.3, -0.25) is 9.78 Å². The molecule has 126 valence electrons. The highest BCUT2D eigenvalue weighted by atomic mass is 35.5. The number of rotatable bonds is 3. The highest BCUT2D eigenvalue weighted by molar-refractivity contribution is 6.35. The third-order valence-electron chi connectivity index (χ3n) is 4.51. The van der Waals surface area contributed by atoms with Crippen molar-refractivity contribution in [2.75, 3.05) is 11.5 Å². The van der Waals surface area contributed by atoms with Crippen LogP contribution in [0.4, 0.5) is 5.69 Å². The summed E-state index contributed by atoms with van der Waals surface area (Å²) >= 11 is 6.20. The van der Waals surface area contributed by atoms with Crippen molar-refractivity contribution in [1.29, 1.82) is 0 Å². The van der Waals surface area contributed by atoms with E-state index < -0.39 is 0 Å². The van der Waals surface area contributed by atoms with E-state index in [1.54, 1.807) is 18.3 Å². The number of pyridine rings is 1. The average Bonchev–Trinajstić information content (AvgIpc) is 2.97. The van der Waals surface area contributed by atoms with E-state index in [9.17, 15) is 4.79 Å². The van der Waals surface area contributed by atoms with Crippen molar-refractivity contribution in [3.8, 4) is 5.75 Å². The molecule has 1 amide bonds. The van der Waals surface area contributed by atoms with Gasteiger partial charge in [-0.2, -0.15) is 0 Å². The van der Waals surface area contributed by atoms with Gasteiger partial charge in [-0.15, -0.1) is 0 Å². The highest BCUT2D eigenvalue weighted by Gasteiger charge is 2.30. The third-order valence-corrected chi connectivity index (χ3v) is 4.84. The molecule has 1 aliphatic rings. The molecular weight excluding hydrogens is 336 g/mol. The minimum Gasteiger partial charge on any atom is -0.481 e. The summed E-state index contributed by atoms with van der Waals surface area (Å²) in [7, 11) is 0. The Balaban J connectivity index is 1.56. The molecule has 3 aromatic rings. The molecule has 2 aromatic carbocycles. The van der Waals surface area contributed by atoms with E-state index in [4.69, 9.17) is 16.3 Å². The Morgan fingerprint density at radius 1 is 1.24 bits per heavy atom. The van der Waals surface area contributed by atoms with Crippen molar-refractivity contribution in [1.82, 2.24) is 4.98 Å². The van der Waals surface area contributed by atoms with Gasteiger partial charge in [-0.05, 0) is 49.2 Å². The Morgan fingerprint density at radius 3 is 2.96 bits per heavy atom. The Labute approximate surface area is 151 Å². The fourth-order valence-electron chi connectivity index (χ4n) is 3.38. The second kappa shape index (κ2) is 6.37. The van der Waals surface area contributed by atoms with Crippen LogP contribution < -0.4 is 9.64 Å². The number of carbonyl (C=O) groups excluding carboxylic acids is 1. The van der Waals surface area contributed by atoms with E-state index in [1.807, 2.05) is 35.2 Å². The molecule has 0 unspecified atom stereocenters. The van der Waals surface area contributed by atoms with E-state index in [1.165, 1.54) is 5.56 Å². The minimum absolute atomic E-state index is 0.0357. The van der Waals surface area contributed by atoms with Gasteiger partial charge in [0.2, 0.25) is 0 Å². The lowest BCUT2D eigenvalue weighted by atomic mass is 10.1. The monoisotopic (exact) mass is 352 g/mol. The third kappa shape index (κ3) is 2.83. The van der Waals surface area contributed by atoms with Gasteiger partial charge >= 0.3 is 0 Å². The predicted octanol–water partition coefficient (Wildman–Crippen LogP) is 4.24. The largest absolute Gasteiger partial charge is 0.481 e. The zero-order valence-corrected chi connectivity index (χ0v) is 14.5. The lowest BCUT2D eigenvalue weighted by molar-refractivity contribution is -0.120. The number of amides is 1. The van der Waals surface area contributed by atoms with Crippen LogP contribution in [-0.4, -0.2) is 23.5 Å². The number of aromatic nitrogens is 1. The molecule has 1 aromatic heterocycles. The van der Waals surface area contributed by atoms with Crippen LogP contribution in [0.3, 0.4) is 0 Å². The van der Waals surface area contributed by atoms with Gasteiger partial charge in [-0.1, -0.05) is 29.8 Å². The van der Waals surface area contributed by atoms with E-state index in [-0.39, 0.29) is 18.6 Å². The Kier molecular flexibility index (Phi) is 4.06. The van der Waals surface area contributed by atoms with Crippen LogP contribution in [0, 0.1) is 0 Å². The van der Waals surface area contributed by atoms with Gasteiger partial charge in [0, 0.05) is 23.3 Å². The van der Waals surface area contributed by atoms with Crippen LogP contribution in [0.5, 0.6) is 5.75 Å². The normalized spacial score (nSPS) is 16.1. The maximum Gasteiger partial charge on any atom is 0.265 e. The number of hydrogen-bond donors (Lipinski definition) is 0. The Bertz CT molecular complexity index is 957. The van der Waals surface area contributed by atoms with Crippen molar-refractivity contribution >= 4 is 34.1 Å². The molecule has 0 aliphatic carbocycles. The van der Waals surface area contributed by atoms with Crippen molar-refractivity contribution < 1.29 is 9.53 Å². The molecule has 0 radical (unpaired) electrons. The molecule has 0 saturated carbocycles. The number of fused-ring (bicyclic) bond motifs is 2. The topological polar surface area (TPSA) is 42.4 Å². The molecule has 0 saturated heterocycles. The van der Waals surface area contributed by atoms with E-state index in [0.717, 1.165) is 17.5 Å². The molecule has 25 heavy (non-hydrogen) atoms. The second-order valence-corrected chi connectivity index (χ2v) is 6.59. The smallest absolute Gasteiger partial charge is 0.265 e. The van der Waals surface area contributed by atoms with E-state index in [2.05, 4.69) is 18.0 Å². The standard InChI is InChI=1S/C20H17ClN2O2/c1-13-11-14-5-2-3-7-17(14)23(13)19(24)12-25-18-9-8-16(21)15-6-4-10-22-20(15)18/h2-10,13H,11-12H2,1H3/t13-/m1/s1. The van der Waals surface area contributed by atoms with E-state index >= 15 is 0 Å². The molecular formula is C20H17ClN2O2. The number of benzene rings is 2. The average molecular weight is 353 g/mol. The molecule has 2 heterocycles. The van der Waals surface area contributed by atoms with Crippen LogP contribution in [0.15, 0.2) is 54.7 Å². The number of ether oxygens (including phenoxy) is 1. The first kappa shape index (κ1) is 15.9.